The number of rotatable bonds is 12. The number of sulfonamides is 1. The molecule has 41 heavy (non-hydrogen) atoms. The summed E-state index contributed by atoms with van der Waals surface area (Å²) in [7, 11) is -2.63. The zero-order valence-corrected chi connectivity index (χ0v) is 24.8. The lowest BCUT2D eigenvalue weighted by atomic mass is 10.1. The summed E-state index contributed by atoms with van der Waals surface area (Å²) in [6.07, 6.45) is 4.38. The van der Waals surface area contributed by atoms with Crippen LogP contribution in [-0.4, -0.2) is 50.9 Å². The molecule has 1 N–H and O–H groups in total. The van der Waals surface area contributed by atoms with Crippen LogP contribution in [0, 0.1) is 6.92 Å². The van der Waals surface area contributed by atoms with Crippen molar-refractivity contribution in [2.75, 3.05) is 18.0 Å². The van der Waals surface area contributed by atoms with E-state index < -0.39 is 28.5 Å². The Labute approximate surface area is 243 Å². The Morgan fingerprint density at radius 2 is 1.66 bits per heavy atom. The first-order valence-electron chi connectivity index (χ1n) is 14.1. The number of carbonyl (C=O) groups is 2. The summed E-state index contributed by atoms with van der Waals surface area (Å²) < 4.78 is 34.3. The summed E-state index contributed by atoms with van der Waals surface area (Å²) in [4.78, 5) is 29.3. The van der Waals surface area contributed by atoms with Gasteiger partial charge in [0.05, 0.1) is 17.7 Å². The second-order valence-corrected chi connectivity index (χ2v) is 12.3. The van der Waals surface area contributed by atoms with Gasteiger partial charge in [0.2, 0.25) is 11.8 Å². The highest BCUT2D eigenvalue weighted by molar-refractivity contribution is 7.92. The SMILES string of the molecule is CCC(C(=O)NC1CCCC1)N(Cc1ccc(C)cc1)C(=O)CN(c1cccc(OC)c1)S(=O)(=O)c1ccccc1. The van der Waals surface area contributed by atoms with Crippen molar-refractivity contribution < 1.29 is 22.7 Å². The molecule has 218 valence electrons. The number of nitrogens with one attached hydrogen (secondary N) is 1. The first kappa shape index (κ1) is 30.1. The predicted octanol–water partition coefficient (Wildman–Crippen LogP) is 5.07. The summed E-state index contributed by atoms with van der Waals surface area (Å²) in [5, 5.41) is 3.14. The molecule has 0 spiro atoms. The number of methoxy groups -OCH3 is 1. The van der Waals surface area contributed by atoms with Crippen LogP contribution in [-0.2, 0) is 26.2 Å². The first-order chi connectivity index (χ1) is 19.7. The Morgan fingerprint density at radius 3 is 2.29 bits per heavy atom. The minimum atomic E-state index is -4.13. The molecule has 0 radical (unpaired) electrons. The van der Waals surface area contributed by atoms with Gasteiger partial charge in [0.1, 0.15) is 18.3 Å². The topological polar surface area (TPSA) is 96.0 Å². The molecular weight excluding hydrogens is 538 g/mol. The molecule has 1 aliphatic rings. The molecule has 0 bridgehead atoms. The molecule has 0 saturated heterocycles. The number of hydrogen-bond acceptors (Lipinski definition) is 5. The van der Waals surface area contributed by atoms with Crippen LogP contribution >= 0.6 is 0 Å². The summed E-state index contributed by atoms with van der Waals surface area (Å²) in [5.74, 6) is -0.220. The molecule has 1 aliphatic carbocycles. The van der Waals surface area contributed by atoms with Crippen molar-refractivity contribution in [2.45, 2.75) is 69.5 Å². The van der Waals surface area contributed by atoms with Gasteiger partial charge in [0.15, 0.2) is 0 Å². The summed E-state index contributed by atoms with van der Waals surface area (Å²) in [5.41, 5.74) is 2.23. The Balaban J connectivity index is 1.71. The van der Waals surface area contributed by atoms with E-state index >= 15 is 0 Å². The Bertz CT molecular complexity index is 1420. The number of benzene rings is 3. The molecule has 0 aromatic heterocycles. The van der Waals surface area contributed by atoms with Crippen LogP contribution in [0.15, 0.2) is 83.8 Å². The van der Waals surface area contributed by atoms with E-state index in [2.05, 4.69) is 5.32 Å². The highest BCUT2D eigenvalue weighted by Crippen LogP contribution is 2.28. The van der Waals surface area contributed by atoms with Crippen molar-refractivity contribution >= 4 is 27.5 Å². The fourth-order valence-electron chi connectivity index (χ4n) is 5.19. The van der Waals surface area contributed by atoms with Gasteiger partial charge < -0.3 is 15.0 Å². The standard InChI is InChI=1S/C32H39N3O5S/c1-4-30(32(37)33-26-11-8-9-12-26)34(22-25-19-17-24(2)18-20-25)31(36)23-35(27-13-10-14-28(21-27)40-3)41(38,39)29-15-6-5-7-16-29/h5-7,10,13-21,26,30H,4,8-9,11-12,22-23H2,1-3H3,(H,33,37). The van der Waals surface area contributed by atoms with E-state index in [-0.39, 0.29) is 23.4 Å². The molecular formula is C32H39N3O5S. The maximum Gasteiger partial charge on any atom is 0.264 e. The van der Waals surface area contributed by atoms with Gasteiger partial charge >= 0.3 is 0 Å². The lowest BCUT2D eigenvalue weighted by molar-refractivity contribution is -0.140. The fourth-order valence-corrected chi connectivity index (χ4v) is 6.62. The van der Waals surface area contributed by atoms with Crippen LogP contribution in [0.5, 0.6) is 5.75 Å². The predicted molar refractivity (Wildman–Crippen MR) is 160 cm³/mol. The molecule has 1 unspecified atom stereocenters. The number of aryl methyl sites for hydroxylation is 1. The fraction of sp³-hybridized carbons (Fsp3) is 0.375. The smallest absolute Gasteiger partial charge is 0.264 e. The normalized spacial score (nSPS) is 14.3. The van der Waals surface area contributed by atoms with E-state index in [4.69, 9.17) is 4.74 Å². The summed E-state index contributed by atoms with van der Waals surface area (Å²) in [6, 6.07) is 21.7. The van der Waals surface area contributed by atoms with Gasteiger partial charge in [-0.05, 0) is 56.0 Å². The lowest BCUT2D eigenvalue weighted by Gasteiger charge is -2.34. The molecule has 4 rings (SSSR count). The van der Waals surface area contributed by atoms with Crippen molar-refractivity contribution in [3.63, 3.8) is 0 Å². The Hall–Kier alpha value is -3.85. The van der Waals surface area contributed by atoms with Gasteiger partial charge in [-0.2, -0.15) is 0 Å². The minimum Gasteiger partial charge on any atom is -0.497 e. The van der Waals surface area contributed by atoms with Gasteiger partial charge in [0, 0.05) is 18.7 Å². The molecule has 1 atom stereocenters. The number of hydrogen-bond donors (Lipinski definition) is 1. The van der Waals surface area contributed by atoms with Crippen molar-refractivity contribution in [1.29, 1.82) is 0 Å². The molecule has 1 fully saturated rings. The third-order valence-electron chi connectivity index (χ3n) is 7.51. The van der Waals surface area contributed by atoms with E-state index in [9.17, 15) is 18.0 Å². The van der Waals surface area contributed by atoms with Crippen LogP contribution in [0.4, 0.5) is 5.69 Å². The molecule has 0 heterocycles. The molecule has 1 saturated carbocycles. The van der Waals surface area contributed by atoms with Gasteiger partial charge in [-0.1, -0.05) is 73.9 Å². The average molecular weight is 578 g/mol. The molecule has 2 amide bonds. The van der Waals surface area contributed by atoms with Crippen LogP contribution in [0.1, 0.15) is 50.2 Å². The van der Waals surface area contributed by atoms with Crippen LogP contribution < -0.4 is 14.4 Å². The zero-order chi connectivity index (χ0) is 29.4. The summed E-state index contributed by atoms with van der Waals surface area (Å²) in [6.45, 7) is 3.54. The maximum atomic E-state index is 14.2. The highest BCUT2D eigenvalue weighted by atomic mass is 32.2. The van der Waals surface area contributed by atoms with Crippen molar-refractivity contribution in [3.8, 4) is 5.75 Å². The first-order valence-corrected chi connectivity index (χ1v) is 15.5. The zero-order valence-electron chi connectivity index (χ0n) is 24.0. The Morgan fingerprint density at radius 1 is 0.976 bits per heavy atom. The molecule has 3 aromatic rings. The van der Waals surface area contributed by atoms with Crippen LogP contribution in [0.3, 0.4) is 0 Å². The largest absolute Gasteiger partial charge is 0.497 e. The van der Waals surface area contributed by atoms with Crippen LogP contribution in [0.25, 0.3) is 0 Å². The van der Waals surface area contributed by atoms with Gasteiger partial charge in [0.25, 0.3) is 10.0 Å². The highest BCUT2D eigenvalue weighted by Gasteiger charge is 2.34. The summed E-state index contributed by atoms with van der Waals surface area (Å²) >= 11 is 0. The van der Waals surface area contributed by atoms with Crippen molar-refractivity contribution in [3.05, 3.63) is 90.0 Å². The number of nitrogens with zero attached hydrogens (tertiary/aromatic N) is 2. The number of amides is 2. The molecule has 0 aliphatic heterocycles. The second kappa shape index (κ2) is 13.7. The maximum absolute atomic E-state index is 14.2. The van der Waals surface area contributed by atoms with E-state index in [1.165, 1.54) is 24.1 Å². The van der Waals surface area contributed by atoms with E-state index in [1.807, 2.05) is 38.1 Å². The van der Waals surface area contributed by atoms with Gasteiger partial charge in [-0.25, -0.2) is 8.42 Å². The molecule has 3 aromatic carbocycles. The quantitative estimate of drug-likeness (QED) is 0.325. The number of ether oxygens (including phenoxy) is 1. The van der Waals surface area contributed by atoms with Gasteiger partial charge in [-0.3, -0.25) is 13.9 Å². The average Bonchev–Trinajstić information content (AvgIpc) is 3.50. The second-order valence-electron chi connectivity index (χ2n) is 10.4. The van der Waals surface area contributed by atoms with Crippen molar-refractivity contribution in [1.82, 2.24) is 10.2 Å². The molecule has 9 heteroatoms. The Kier molecular flexibility index (Phi) is 10.0. The van der Waals surface area contributed by atoms with E-state index in [0.717, 1.165) is 41.1 Å². The van der Waals surface area contributed by atoms with E-state index in [0.29, 0.717) is 17.9 Å². The third-order valence-corrected chi connectivity index (χ3v) is 9.30. The lowest BCUT2D eigenvalue weighted by Crippen LogP contribution is -2.53. The van der Waals surface area contributed by atoms with E-state index in [1.54, 1.807) is 42.5 Å². The van der Waals surface area contributed by atoms with Crippen LogP contribution in [0.2, 0.25) is 0 Å². The number of carbonyl (C=O) groups excluding carboxylic acids is 2. The minimum absolute atomic E-state index is 0.0618. The third kappa shape index (κ3) is 7.47. The van der Waals surface area contributed by atoms with Gasteiger partial charge in [-0.15, -0.1) is 0 Å². The monoisotopic (exact) mass is 577 g/mol. The molecule has 8 nitrogen and oxygen atoms in total. The number of anilines is 1. The van der Waals surface area contributed by atoms with Crippen molar-refractivity contribution in [2.24, 2.45) is 0 Å².